The van der Waals surface area contributed by atoms with Crippen LogP contribution >= 0.6 is 23.4 Å². The largest absolute Gasteiger partial charge is 0.480 e. The zero-order valence-electron chi connectivity index (χ0n) is 16.3. The Morgan fingerprint density at radius 2 is 1.77 bits per heavy atom. The summed E-state index contributed by atoms with van der Waals surface area (Å²) in [5.41, 5.74) is 5.55. The molecular formula is C25H20ClNO2S. The monoisotopic (exact) mass is 433 g/mol. The van der Waals surface area contributed by atoms with Gasteiger partial charge in [0.1, 0.15) is 11.3 Å². The molecule has 1 aliphatic rings. The molecule has 3 nitrogen and oxygen atoms in total. The van der Waals surface area contributed by atoms with Crippen LogP contribution in [-0.4, -0.2) is 11.1 Å². The van der Waals surface area contributed by atoms with E-state index >= 15 is 0 Å². The third-order valence-corrected chi connectivity index (χ3v) is 6.97. The summed E-state index contributed by atoms with van der Waals surface area (Å²) < 4.78 is 0. The van der Waals surface area contributed by atoms with Crippen molar-refractivity contribution in [2.45, 2.75) is 35.8 Å². The third kappa shape index (κ3) is 4.09. The van der Waals surface area contributed by atoms with Crippen molar-refractivity contribution in [3.05, 3.63) is 87.9 Å². The number of halogens is 1. The van der Waals surface area contributed by atoms with Crippen molar-refractivity contribution in [3.63, 3.8) is 0 Å². The molecule has 1 aliphatic carbocycles. The maximum Gasteiger partial charge on any atom is 0.321 e. The average Bonchev–Trinajstić information content (AvgIpc) is 2.77. The second-order valence-electron chi connectivity index (χ2n) is 7.33. The molecular weight excluding hydrogens is 414 g/mol. The summed E-state index contributed by atoms with van der Waals surface area (Å²) in [7, 11) is 0. The number of rotatable bonds is 5. The lowest BCUT2D eigenvalue weighted by molar-refractivity contribution is -0.136. The number of nitriles is 1. The fraction of sp³-hybridized carbons (Fsp3) is 0.200. The minimum atomic E-state index is -0.916. The molecule has 0 saturated heterocycles. The predicted octanol–water partition coefficient (Wildman–Crippen LogP) is 6.68. The summed E-state index contributed by atoms with van der Waals surface area (Å²) in [4.78, 5) is 12.8. The van der Waals surface area contributed by atoms with Crippen LogP contribution in [0.1, 0.15) is 40.3 Å². The Bertz CT molecular complexity index is 1120. The molecule has 0 aliphatic heterocycles. The zero-order chi connectivity index (χ0) is 21.1. The van der Waals surface area contributed by atoms with Gasteiger partial charge in [-0.15, -0.1) is 11.8 Å². The highest BCUT2D eigenvalue weighted by molar-refractivity contribution is 8.00. The van der Waals surface area contributed by atoms with Crippen LogP contribution in [0, 0.1) is 11.3 Å². The molecule has 1 unspecified atom stereocenters. The van der Waals surface area contributed by atoms with E-state index in [1.165, 1.54) is 22.9 Å². The van der Waals surface area contributed by atoms with Crippen molar-refractivity contribution in [2.24, 2.45) is 0 Å². The molecule has 3 aromatic carbocycles. The van der Waals surface area contributed by atoms with Gasteiger partial charge in [-0.2, -0.15) is 5.26 Å². The summed E-state index contributed by atoms with van der Waals surface area (Å²) >= 11 is 7.32. The van der Waals surface area contributed by atoms with Gasteiger partial charge in [-0.25, -0.2) is 0 Å². The molecule has 0 aromatic heterocycles. The molecule has 0 fully saturated rings. The molecule has 4 rings (SSSR count). The second kappa shape index (κ2) is 8.95. The maximum absolute atomic E-state index is 12.1. The quantitative estimate of drug-likeness (QED) is 0.456. The molecule has 1 atom stereocenters. The van der Waals surface area contributed by atoms with Crippen LogP contribution in [0.2, 0.25) is 5.02 Å². The van der Waals surface area contributed by atoms with Gasteiger partial charge in [0.15, 0.2) is 0 Å². The van der Waals surface area contributed by atoms with Crippen molar-refractivity contribution in [1.82, 2.24) is 0 Å². The smallest absolute Gasteiger partial charge is 0.321 e. The average molecular weight is 434 g/mol. The number of carboxylic acid groups (broad SMARTS) is 1. The highest BCUT2D eigenvalue weighted by Crippen LogP contribution is 2.44. The van der Waals surface area contributed by atoms with E-state index in [9.17, 15) is 15.2 Å². The van der Waals surface area contributed by atoms with Crippen molar-refractivity contribution in [1.29, 1.82) is 5.26 Å². The Balaban J connectivity index is 1.88. The Morgan fingerprint density at radius 1 is 1.07 bits per heavy atom. The lowest BCUT2D eigenvalue weighted by Crippen LogP contribution is -2.10. The van der Waals surface area contributed by atoms with Crippen LogP contribution in [0.25, 0.3) is 11.1 Å². The number of benzene rings is 3. The first-order valence-electron chi connectivity index (χ1n) is 9.87. The minimum absolute atomic E-state index is 0.546. The highest BCUT2D eigenvalue weighted by Gasteiger charge is 2.27. The van der Waals surface area contributed by atoms with E-state index in [1.54, 1.807) is 0 Å². The van der Waals surface area contributed by atoms with Crippen LogP contribution in [-0.2, 0) is 17.6 Å². The van der Waals surface area contributed by atoms with Gasteiger partial charge in [0, 0.05) is 15.5 Å². The van der Waals surface area contributed by atoms with Crippen LogP contribution in [0.5, 0.6) is 0 Å². The van der Waals surface area contributed by atoms with Gasteiger partial charge in [-0.3, -0.25) is 4.79 Å². The van der Waals surface area contributed by atoms with E-state index in [0.717, 1.165) is 41.7 Å². The lowest BCUT2D eigenvalue weighted by Gasteiger charge is -2.24. The normalized spacial score (nSPS) is 13.9. The molecule has 0 heterocycles. The number of hydrogen-bond acceptors (Lipinski definition) is 3. The molecule has 0 amide bonds. The second-order valence-corrected chi connectivity index (χ2v) is 8.92. The van der Waals surface area contributed by atoms with E-state index in [-0.39, 0.29) is 0 Å². The fourth-order valence-corrected chi connectivity index (χ4v) is 5.28. The molecule has 0 bridgehead atoms. The van der Waals surface area contributed by atoms with Gasteiger partial charge in [0.05, 0.1) is 5.56 Å². The summed E-state index contributed by atoms with van der Waals surface area (Å²) in [6.07, 6.45) is 4.06. The van der Waals surface area contributed by atoms with Gasteiger partial charge in [-0.1, -0.05) is 54.1 Å². The van der Waals surface area contributed by atoms with Gasteiger partial charge in [-0.05, 0) is 66.1 Å². The van der Waals surface area contributed by atoms with Crippen LogP contribution in [0.4, 0.5) is 0 Å². The summed E-state index contributed by atoms with van der Waals surface area (Å²) in [5, 5.41) is 19.9. The van der Waals surface area contributed by atoms with Crippen LogP contribution in [0.3, 0.4) is 0 Å². The Hall–Kier alpha value is -2.74. The maximum atomic E-state index is 12.1. The lowest BCUT2D eigenvalue weighted by atomic mass is 9.83. The molecule has 0 spiro atoms. The number of nitrogens with zero attached hydrogens (tertiary/aromatic N) is 1. The number of aryl methyl sites for hydroxylation is 1. The van der Waals surface area contributed by atoms with Gasteiger partial charge in [0.2, 0.25) is 0 Å². The van der Waals surface area contributed by atoms with E-state index in [2.05, 4.69) is 6.07 Å². The van der Waals surface area contributed by atoms with Crippen molar-refractivity contribution in [2.75, 3.05) is 0 Å². The highest BCUT2D eigenvalue weighted by atomic mass is 35.5. The standard InChI is InChI=1S/C25H20ClNO2S/c26-19-12-10-16(11-13-19)23-20-9-5-4-8-18(20)14-22(21(23)15-27)30-24(25(28)29)17-6-2-1-3-7-17/h1-3,6-7,10-14,24H,4-5,8-9H2,(H,28,29). The van der Waals surface area contributed by atoms with E-state index in [0.29, 0.717) is 16.1 Å². The molecule has 0 saturated carbocycles. The number of hydrogen-bond donors (Lipinski definition) is 1. The van der Waals surface area contributed by atoms with E-state index in [4.69, 9.17) is 11.6 Å². The van der Waals surface area contributed by atoms with E-state index < -0.39 is 11.2 Å². The number of fused-ring (bicyclic) bond motifs is 1. The molecule has 1 N–H and O–H groups in total. The summed E-state index contributed by atoms with van der Waals surface area (Å²) in [6, 6.07) is 21.1. The third-order valence-electron chi connectivity index (χ3n) is 5.43. The van der Waals surface area contributed by atoms with Gasteiger partial charge in [0.25, 0.3) is 0 Å². The van der Waals surface area contributed by atoms with Crippen molar-refractivity contribution in [3.8, 4) is 17.2 Å². The molecule has 30 heavy (non-hydrogen) atoms. The first-order chi connectivity index (χ1) is 14.6. The molecule has 150 valence electrons. The predicted molar refractivity (Wildman–Crippen MR) is 121 cm³/mol. The van der Waals surface area contributed by atoms with Crippen LogP contribution in [0.15, 0.2) is 65.6 Å². The summed E-state index contributed by atoms with van der Waals surface area (Å²) in [6.45, 7) is 0. The Kier molecular flexibility index (Phi) is 6.13. The summed E-state index contributed by atoms with van der Waals surface area (Å²) in [5.74, 6) is -0.916. The van der Waals surface area contributed by atoms with Crippen molar-refractivity contribution < 1.29 is 9.90 Å². The molecule has 3 aromatic rings. The topological polar surface area (TPSA) is 61.1 Å². The van der Waals surface area contributed by atoms with Crippen molar-refractivity contribution >= 4 is 29.3 Å². The Morgan fingerprint density at radius 3 is 2.43 bits per heavy atom. The number of carbonyl (C=O) groups is 1. The zero-order valence-corrected chi connectivity index (χ0v) is 17.8. The first-order valence-corrected chi connectivity index (χ1v) is 11.1. The van der Waals surface area contributed by atoms with Gasteiger partial charge >= 0.3 is 5.97 Å². The van der Waals surface area contributed by atoms with Crippen LogP contribution < -0.4 is 0 Å². The minimum Gasteiger partial charge on any atom is -0.480 e. The Labute approximate surface area is 185 Å². The fourth-order valence-electron chi connectivity index (χ4n) is 4.03. The molecule has 0 radical (unpaired) electrons. The SMILES string of the molecule is N#Cc1c(SC(C(=O)O)c2ccccc2)cc2c(c1-c1ccc(Cl)cc1)CCCC2. The molecule has 5 heteroatoms. The first kappa shape index (κ1) is 20.5. The number of carboxylic acids is 1. The van der Waals surface area contributed by atoms with E-state index in [1.807, 2.05) is 60.7 Å². The van der Waals surface area contributed by atoms with Gasteiger partial charge < -0.3 is 5.11 Å². The number of aliphatic carboxylic acids is 1. The number of thioether (sulfide) groups is 1.